The summed E-state index contributed by atoms with van der Waals surface area (Å²) in [6.07, 6.45) is -2.34. The molecule has 34 heavy (non-hydrogen) atoms. The molecule has 8 nitrogen and oxygen atoms in total. The first-order valence-electron chi connectivity index (χ1n) is 11.1. The monoisotopic (exact) mass is 474 g/mol. The molecule has 2 aromatic heterocycles. The Morgan fingerprint density at radius 1 is 1.06 bits per heavy atom. The smallest absolute Gasteiger partial charge is 0.399 e. The van der Waals surface area contributed by atoms with Crippen LogP contribution in [0.25, 0.3) is 10.9 Å². The Bertz CT molecular complexity index is 1160. The molecule has 3 N–H and O–H groups in total. The second-order valence-corrected chi connectivity index (χ2v) is 8.75. The van der Waals surface area contributed by atoms with Gasteiger partial charge < -0.3 is 25.8 Å². The minimum absolute atomic E-state index is 0.0927. The van der Waals surface area contributed by atoms with Crippen LogP contribution >= 0.6 is 0 Å². The van der Waals surface area contributed by atoms with Crippen molar-refractivity contribution in [1.82, 2.24) is 19.9 Å². The predicted molar refractivity (Wildman–Crippen MR) is 129 cm³/mol. The maximum absolute atomic E-state index is 13.1. The van der Waals surface area contributed by atoms with Gasteiger partial charge in [-0.25, -0.2) is 9.97 Å². The lowest BCUT2D eigenvalue weighted by Gasteiger charge is -2.33. The molecule has 0 aliphatic carbocycles. The number of benzene rings is 1. The number of pyridine rings is 1. The maximum atomic E-state index is 13.1. The summed E-state index contributed by atoms with van der Waals surface area (Å²) in [4.78, 5) is 20.2. The van der Waals surface area contributed by atoms with E-state index in [2.05, 4.69) is 37.1 Å². The highest BCUT2D eigenvalue weighted by Gasteiger charge is 2.31. The first-order valence-corrected chi connectivity index (χ1v) is 11.1. The Labute approximate surface area is 196 Å². The molecule has 1 aliphatic heterocycles. The summed E-state index contributed by atoms with van der Waals surface area (Å²) in [6, 6.07) is 5.63. The van der Waals surface area contributed by atoms with Gasteiger partial charge in [0.1, 0.15) is 11.6 Å². The van der Waals surface area contributed by atoms with Crippen LogP contribution in [0.15, 0.2) is 30.5 Å². The third-order valence-electron chi connectivity index (χ3n) is 5.83. The topological polar surface area (TPSA) is 86.4 Å². The molecule has 11 heteroatoms. The van der Waals surface area contributed by atoms with Gasteiger partial charge in [0.15, 0.2) is 0 Å². The number of alkyl halides is 3. The SMILES string of the molecule is CN1CCN(c2cc3c(NCCc4cc(N)cc(C(F)(F)F)c4)nc(N(C)C)nc3cn2)CC1. The highest BCUT2D eigenvalue weighted by atomic mass is 19.4. The van der Waals surface area contributed by atoms with E-state index in [1.807, 2.05) is 20.2 Å². The molecular weight excluding hydrogens is 445 g/mol. The summed E-state index contributed by atoms with van der Waals surface area (Å²) in [5.41, 5.74) is 6.25. The number of halogens is 3. The van der Waals surface area contributed by atoms with Crippen LogP contribution in [0.4, 0.5) is 36.4 Å². The number of nitrogen functional groups attached to an aromatic ring is 1. The van der Waals surface area contributed by atoms with Gasteiger partial charge in [0.05, 0.1) is 17.3 Å². The first-order chi connectivity index (χ1) is 16.1. The highest BCUT2D eigenvalue weighted by Crippen LogP contribution is 2.32. The molecule has 1 aromatic carbocycles. The number of likely N-dealkylation sites (N-methyl/N-ethyl adjacent to an activating group) is 1. The molecule has 3 heterocycles. The number of nitrogens with one attached hydrogen (secondary N) is 1. The Morgan fingerprint density at radius 3 is 2.47 bits per heavy atom. The summed E-state index contributed by atoms with van der Waals surface area (Å²) >= 11 is 0. The van der Waals surface area contributed by atoms with Crippen molar-refractivity contribution >= 4 is 34.2 Å². The molecule has 0 atom stereocenters. The quantitative estimate of drug-likeness (QED) is 0.527. The van der Waals surface area contributed by atoms with Gasteiger partial charge >= 0.3 is 6.18 Å². The number of hydrogen-bond donors (Lipinski definition) is 2. The molecule has 0 saturated carbocycles. The fourth-order valence-corrected chi connectivity index (χ4v) is 3.90. The fraction of sp³-hybridized carbons (Fsp3) is 0.435. The van der Waals surface area contributed by atoms with E-state index < -0.39 is 11.7 Å². The van der Waals surface area contributed by atoms with Crippen LogP contribution in [0.1, 0.15) is 11.1 Å². The zero-order valence-electron chi connectivity index (χ0n) is 19.5. The van der Waals surface area contributed by atoms with Gasteiger partial charge in [0, 0.05) is 57.9 Å². The van der Waals surface area contributed by atoms with Crippen molar-refractivity contribution in [3.63, 3.8) is 0 Å². The number of rotatable bonds is 6. The third kappa shape index (κ3) is 5.41. The Kier molecular flexibility index (Phi) is 6.65. The van der Waals surface area contributed by atoms with Crippen molar-refractivity contribution in [1.29, 1.82) is 0 Å². The van der Waals surface area contributed by atoms with E-state index in [1.165, 1.54) is 0 Å². The number of fused-ring (bicyclic) bond motifs is 1. The van der Waals surface area contributed by atoms with E-state index in [0.29, 0.717) is 35.8 Å². The second-order valence-electron chi connectivity index (χ2n) is 8.75. The zero-order valence-corrected chi connectivity index (χ0v) is 19.5. The van der Waals surface area contributed by atoms with Gasteiger partial charge in [-0.15, -0.1) is 0 Å². The van der Waals surface area contributed by atoms with E-state index in [0.717, 1.165) is 49.5 Å². The molecule has 0 amide bonds. The summed E-state index contributed by atoms with van der Waals surface area (Å²) in [6.45, 7) is 4.06. The predicted octanol–water partition coefficient (Wildman–Crippen LogP) is 3.10. The molecule has 0 radical (unpaired) electrons. The lowest BCUT2D eigenvalue weighted by Crippen LogP contribution is -2.44. The molecule has 1 saturated heterocycles. The van der Waals surface area contributed by atoms with E-state index in [1.54, 1.807) is 17.2 Å². The summed E-state index contributed by atoms with van der Waals surface area (Å²) in [5.74, 6) is 1.99. The average Bonchev–Trinajstić information content (AvgIpc) is 2.78. The van der Waals surface area contributed by atoms with Gasteiger partial charge in [-0.1, -0.05) is 0 Å². The standard InChI is InChI=1S/C23H29F3N8/c1-32(2)22-30-19-14-29-20(34-8-6-33(3)7-9-34)13-18(19)21(31-22)28-5-4-15-10-16(23(24,25)26)12-17(27)11-15/h10-14H,4-9,27H2,1-3H3,(H,28,30,31). The Morgan fingerprint density at radius 2 is 1.79 bits per heavy atom. The van der Waals surface area contributed by atoms with Crippen molar-refractivity contribution < 1.29 is 13.2 Å². The molecule has 0 spiro atoms. The van der Waals surface area contributed by atoms with Crippen molar-refractivity contribution in [2.45, 2.75) is 12.6 Å². The lowest BCUT2D eigenvalue weighted by molar-refractivity contribution is -0.137. The van der Waals surface area contributed by atoms with Crippen molar-refractivity contribution in [2.75, 3.05) is 74.7 Å². The maximum Gasteiger partial charge on any atom is 0.416 e. The van der Waals surface area contributed by atoms with Crippen LogP contribution < -0.4 is 20.9 Å². The van der Waals surface area contributed by atoms with Crippen LogP contribution in [-0.4, -0.2) is 73.7 Å². The molecule has 4 rings (SSSR count). The van der Waals surface area contributed by atoms with E-state index in [-0.39, 0.29) is 5.69 Å². The molecule has 182 valence electrons. The van der Waals surface area contributed by atoms with E-state index in [4.69, 9.17) is 5.73 Å². The average molecular weight is 475 g/mol. The van der Waals surface area contributed by atoms with Crippen LogP contribution in [0, 0.1) is 0 Å². The molecule has 1 fully saturated rings. The van der Waals surface area contributed by atoms with Crippen molar-refractivity contribution in [3.8, 4) is 0 Å². The van der Waals surface area contributed by atoms with Gasteiger partial charge in [-0.2, -0.15) is 18.2 Å². The van der Waals surface area contributed by atoms with Crippen LogP contribution in [0.3, 0.4) is 0 Å². The van der Waals surface area contributed by atoms with Gasteiger partial charge in [0.2, 0.25) is 5.95 Å². The fourth-order valence-electron chi connectivity index (χ4n) is 3.90. The van der Waals surface area contributed by atoms with Gasteiger partial charge in [-0.05, 0) is 43.3 Å². The van der Waals surface area contributed by atoms with Crippen molar-refractivity contribution in [2.24, 2.45) is 0 Å². The number of hydrogen-bond acceptors (Lipinski definition) is 8. The Hall–Kier alpha value is -3.34. The molecular formula is C23H29F3N8. The number of anilines is 4. The van der Waals surface area contributed by atoms with Crippen LogP contribution in [0.2, 0.25) is 0 Å². The zero-order chi connectivity index (χ0) is 24.5. The Balaban J connectivity index is 1.59. The minimum atomic E-state index is -4.44. The van der Waals surface area contributed by atoms with E-state index >= 15 is 0 Å². The number of nitrogens with zero attached hydrogens (tertiary/aromatic N) is 6. The van der Waals surface area contributed by atoms with Gasteiger partial charge in [-0.3, -0.25) is 0 Å². The first kappa shape index (κ1) is 23.8. The second kappa shape index (κ2) is 9.49. The van der Waals surface area contributed by atoms with Gasteiger partial charge in [0.25, 0.3) is 0 Å². The highest BCUT2D eigenvalue weighted by molar-refractivity contribution is 5.91. The number of aromatic nitrogens is 3. The largest absolute Gasteiger partial charge is 0.416 e. The third-order valence-corrected chi connectivity index (χ3v) is 5.83. The summed E-state index contributed by atoms with van der Waals surface area (Å²) in [7, 11) is 5.80. The summed E-state index contributed by atoms with van der Waals surface area (Å²) < 4.78 is 39.4. The molecule has 0 unspecified atom stereocenters. The summed E-state index contributed by atoms with van der Waals surface area (Å²) in [5, 5.41) is 4.11. The molecule has 0 bridgehead atoms. The van der Waals surface area contributed by atoms with Crippen molar-refractivity contribution in [3.05, 3.63) is 41.6 Å². The lowest BCUT2D eigenvalue weighted by atomic mass is 10.1. The van der Waals surface area contributed by atoms with Crippen LogP contribution in [-0.2, 0) is 12.6 Å². The number of nitrogens with two attached hydrogens (primary N) is 1. The van der Waals surface area contributed by atoms with Crippen LogP contribution in [0.5, 0.6) is 0 Å². The molecule has 1 aliphatic rings. The minimum Gasteiger partial charge on any atom is -0.399 e. The normalized spacial score (nSPS) is 15.1. The molecule has 3 aromatic rings. The number of piperazine rings is 1. The van der Waals surface area contributed by atoms with E-state index in [9.17, 15) is 13.2 Å².